The first-order valence-electron chi connectivity index (χ1n) is 7.95. The van der Waals surface area contributed by atoms with Gasteiger partial charge in [0, 0.05) is 61.9 Å². The summed E-state index contributed by atoms with van der Waals surface area (Å²) in [4.78, 5) is 25.7. The van der Waals surface area contributed by atoms with Crippen molar-refractivity contribution < 1.29 is 4.79 Å². The maximum Gasteiger partial charge on any atom is 0.246 e. The Hall–Kier alpha value is -2.38. The van der Waals surface area contributed by atoms with E-state index in [1.54, 1.807) is 24.5 Å². The molecule has 8 heteroatoms. The van der Waals surface area contributed by atoms with Gasteiger partial charge in [-0.3, -0.25) is 14.2 Å². The van der Waals surface area contributed by atoms with E-state index in [1.165, 1.54) is 11.3 Å². The summed E-state index contributed by atoms with van der Waals surface area (Å²) in [5.41, 5.74) is 1.88. The number of piperazine rings is 1. The van der Waals surface area contributed by atoms with Gasteiger partial charge in [-0.2, -0.15) is 0 Å². The summed E-state index contributed by atoms with van der Waals surface area (Å²) in [7, 11) is 0. The van der Waals surface area contributed by atoms with Crippen molar-refractivity contribution >= 4 is 45.6 Å². The first-order chi connectivity index (χ1) is 12.2. The van der Waals surface area contributed by atoms with E-state index in [-0.39, 0.29) is 5.91 Å². The van der Waals surface area contributed by atoms with E-state index in [2.05, 4.69) is 14.9 Å². The van der Waals surface area contributed by atoms with Crippen molar-refractivity contribution in [1.29, 1.82) is 0 Å². The predicted octanol–water partition coefficient (Wildman–Crippen LogP) is 2.81. The molecule has 1 amide bonds. The van der Waals surface area contributed by atoms with E-state index in [4.69, 9.17) is 11.6 Å². The SMILES string of the molecule is O=C(/C=C/c1c(Cl)nc2sccn12)N1CCN(c2ccncc2)CC1. The lowest BCUT2D eigenvalue weighted by Gasteiger charge is -2.35. The lowest BCUT2D eigenvalue weighted by atomic mass is 10.2. The van der Waals surface area contributed by atoms with E-state index >= 15 is 0 Å². The minimum Gasteiger partial charge on any atom is -0.368 e. The van der Waals surface area contributed by atoms with Crippen molar-refractivity contribution in [3.05, 3.63) is 53.0 Å². The minimum absolute atomic E-state index is 0.00405. The molecule has 6 nitrogen and oxygen atoms in total. The van der Waals surface area contributed by atoms with Crippen molar-refractivity contribution in [2.45, 2.75) is 0 Å². The first-order valence-corrected chi connectivity index (χ1v) is 9.21. The second-order valence-corrected chi connectivity index (χ2v) is 6.93. The number of pyridine rings is 1. The standard InChI is InChI=1S/C17H16ClN5OS/c18-16-14(23-11-12-25-17(23)20-16)1-2-15(24)22-9-7-21(8-10-22)13-3-5-19-6-4-13/h1-6,11-12H,7-10H2/b2-1+. The largest absolute Gasteiger partial charge is 0.368 e. The summed E-state index contributed by atoms with van der Waals surface area (Å²) >= 11 is 7.66. The molecule has 3 aromatic heterocycles. The van der Waals surface area contributed by atoms with Gasteiger partial charge in [-0.05, 0) is 18.2 Å². The zero-order valence-corrected chi connectivity index (χ0v) is 15.0. The third-order valence-corrected chi connectivity index (χ3v) is 5.29. The summed E-state index contributed by atoms with van der Waals surface area (Å²) in [6.07, 6.45) is 8.80. The average molecular weight is 374 g/mol. The number of carbonyl (C=O) groups excluding carboxylic acids is 1. The van der Waals surface area contributed by atoms with Gasteiger partial charge in [0.1, 0.15) is 0 Å². The van der Waals surface area contributed by atoms with Crippen LogP contribution < -0.4 is 4.90 Å². The summed E-state index contributed by atoms with van der Waals surface area (Å²) in [6, 6.07) is 3.98. The lowest BCUT2D eigenvalue weighted by molar-refractivity contribution is -0.126. The molecule has 0 unspecified atom stereocenters. The summed E-state index contributed by atoms with van der Waals surface area (Å²) in [5.74, 6) is -0.00405. The number of imidazole rings is 1. The van der Waals surface area contributed by atoms with Crippen LogP contribution in [-0.4, -0.2) is 51.4 Å². The van der Waals surface area contributed by atoms with Crippen LogP contribution in [0.15, 0.2) is 42.2 Å². The molecule has 4 rings (SSSR count). The van der Waals surface area contributed by atoms with Crippen LogP contribution >= 0.6 is 22.9 Å². The number of amides is 1. The molecule has 0 aliphatic carbocycles. The number of rotatable bonds is 3. The maximum absolute atomic E-state index is 12.5. The number of thiazole rings is 1. The number of fused-ring (bicyclic) bond motifs is 1. The average Bonchev–Trinajstić information content (AvgIpc) is 3.21. The Balaban J connectivity index is 1.41. The number of aromatic nitrogens is 3. The van der Waals surface area contributed by atoms with Crippen LogP contribution in [-0.2, 0) is 4.79 Å². The van der Waals surface area contributed by atoms with Gasteiger partial charge in [0.25, 0.3) is 0 Å². The number of anilines is 1. The summed E-state index contributed by atoms with van der Waals surface area (Å²) < 4.78 is 1.89. The van der Waals surface area contributed by atoms with E-state index in [1.807, 2.05) is 33.0 Å². The highest BCUT2D eigenvalue weighted by Crippen LogP contribution is 2.22. The third-order valence-electron chi connectivity index (χ3n) is 4.26. The molecule has 1 aliphatic rings. The maximum atomic E-state index is 12.5. The van der Waals surface area contributed by atoms with Gasteiger partial charge in [-0.25, -0.2) is 4.98 Å². The van der Waals surface area contributed by atoms with Crippen LogP contribution in [0.25, 0.3) is 11.0 Å². The van der Waals surface area contributed by atoms with Gasteiger partial charge in [0.2, 0.25) is 5.91 Å². The number of hydrogen-bond donors (Lipinski definition) is 0. The molecular formula is C17H16ClN5OS. The number of carbonyl (C=O) groups is 1. The Kier molecular flexibility index (Phi) is 4.42. The van der Waals surface area contributed by atoms with Crippen molar-refractivity contribution in [2.75, 3.05) is 31.1 Å². The van der Waals surface area contributed by atoms with Gasteiger partial charge in [0.15, 0.2) is 10.1 Å². The van der Waals surface area contributed by atoms with E-state index in [0.29, 0.717) is 18.2 Å². The van der Waals surface area contributed by atoms with E-state index < -0.39 is 0 Å². The molecule has 1 aliphatic heterocycles. The normalized spacial score (nSPS) is 15.4. The third kappa shape index (κ3) is 3.25. The Morgan fingerprint density at radius 3 is 2.72 bits per heavy atom. The second-order valence-electron chi connectivity index (χ2n) is 5.69. The number of nitrogens with zero attached hydrogens (tertiary/aromatic N) is 5. The van der Waals surface area contributed by atoms with E-state index in [0.717, 1.165) is 29.4 Å². The van der Waals surface area contributed by atoms with Crippen molar-refractivity contribution in [3.8, 4) is 0 Å². The highest BCUT2D eigenvalue weighted by Gasteiger charge is 2.20. The molecule has 4 heterocycles. The summed E-state index contributed by atoms with van der Waals surface area (Å²) in [5, 5.41) is 2.36. The molecule has 1 fully saturated rings. The van der Waals surface area contributed by atoms with Gasteiger partial charge in [0.05, 0.1) is 5.69 Å². The first kappa shape index (κ1) is 16.1. The fraction of sp³-hybridized carbons (Fsp3) is 0.235. The molecule has 128 valence electrons. The monoisotopic (exact) mass is 373 g/mol. The molecule has 0 radical (unpaired) electrons. The molecule has 25 heavy (non-hydrogen) atoms. The van der Waals surface area contributed by atoms with Gasteiger partial charge < -0.3 is 9.80 Å². The Labute approximate surface area is 154 Å². The quantitative estimate of drug-likeness (QED) is 0.662. The van der Waals surface area contributed by atoms with Crippen LogP contribution in [0.2, 0.25) is 5.15 Å². The minimum atomic E-state index is -0.00405. The van der Waals surface area contributed by atoms with Crippen LogP contribution in [0.5, 0.6) is 0 Å². The predicted molar refractivity (Wildman–Crippen MR) is 100 cm³/mol. The molecular weight excluding hydrogens is 358 g/mol. The fourth-order valence-corrected chi connectivity index (χ4v) is 3.93. The van der Waals surface area contributed by atoms with E-state index in [9.17, 15) is 4.79 Å². The highest BCUT2D eigenvalue weighted by molar-refractivity contribution is 7.15. The van der Waals surface area contributed by atoms with Crippen molar-refractivity contribution in [1.82, 2.24) is 19.3 Å². The zero-order chi connectivity index (χ0) is 17.2. The topological polar surface area (TPSA) is 53.7 Å². The van der Waals surface area contributed by atoms with Crippen LogP contribution in [0, 0.1) is 0 Å². The molecule has 0 atom stereocenters. The van der Waals surface area contributed by atoms with Crippen molar-refractivity contribution in [2.24, 2.45) is 0 Å². The Morgan fingerprint density at radius 1 is 1.20 bits per heavy atom. The second kappa shape index (κ2) is 6.85. The number of halogens is 1. The molecule has 1 saturated heterocycles. The Morgan fingerprint density at radius 2 is 1.96 bits per heavy atom. The molecule has 0 N–H and O–H groups in total. The molecule has 0 bridgehead atoms. The highest BCUT2D eigenvalue weighted by atomic mass is 35.5. The molecule has 0 aromatic carbocycles. The molecule has 0 saturated carbocycles. The molecule has 3 aromatic rings. The smallest absolute Gasteiger partial charge is 0.246 e. The van der Waals surface area contributed by atoms with Gasteiger partial charge in [-0.1, -0.05) is 11.6 Å². The van der Waals surface area contributed by atoms with Gasteiger partial charge in [-0.15, -0.1) is 11.3 Å². The lowest BCUT2D eigenvalue weighted by Crippen LogP contribution is -2.48. The van der Waals surface area contributed by atoms with Gasteiger partial charge >= 0.3 is 0 Å². The fourth-order valence-electron chi connectivity index (χ4n) is 2.92. The molecule has 0 spiro atoms. The van der Waals surface area contributed by atoms with Crippen LogP contribution in [0.1, 0.15) is 5.69 Å². The summed E-state index contributed by atoms with van der Waals surface area (Å²) in [6.45, 7) is 3.01. The van der Waals surface area contributed by atoms with Crippen LogP contribution in [0.4, 0.5) is 5.69 Å². The Bertz CT molecular complexity index is 912. The zero-order valence-electron chi connectivity index (χ0n) is 13.4. The van der Waals surface area contributed by atoms with Crippen molar-refractivity contribution in [3.63, 3.8) is 0 Å². The number of hydrogen-bond acceptors (Lipinski definition) is 5. The van der Waals surface area contributed by atoms with Crippen LogP contribution in [0.3, 0.4) is 0 Å².